The van der Waals surface area contributed by atoms with E-state index in [2.05, 4.69) is 179 Å². The predicted octanol–water partition coefficient (Wildman–Crippen LogP) is 12.9. The Morgan fingerprint density at radius 1 is 0.346 bits per heavy atom. The SMILES string of the molecule is CC1(C)c2cc3ccccc3cc2-c2c(-c3ccc(-c4cc(-c5cccc6c5-c5ccccc5C6(C)C)nc(-c5ccccc5)n4)cc3)cccc21. The van der Waals surface area contributed by atoms with Gasteiger partial charge in [-0.2, -0.15) is 0 Å². The van der Waals surface area contributed by atoms with E-state index in [4.69, 9.17) is 9.97 Å². The predicted molar refractivity (Wildman–Crippen MR) is 216 cm³/mol. The van der Waals surface area contributed by atoms with Crippen LogP contribution >= 0.6 is 0 Å². The maximum atomic E-state index is 5.25. The molecule has 2 nitrogen and oxygen atoms in total. The topological polar surface area (TPSA) is 25.8 Å². The number of nitrogens with zero attached hydrogens (tertiary/aromatic N) is 2. The van der Waals surface area contributed by atoms with Gasteiger partial charge in [-0.25, -0.2) is 9.97 Å². The highest BCUT2D eigenvalue weighted by Crippen LogP contribution is 2.54. The third kappa shape index (κ3) is 4.50. The molecule has 0 amide bonds. The Kier molecular flexibility index (Phi) is 6.60. The number of benzene rings is 7. The van der Waals surface area contributed by atoms with Crippen molar-refractivity contribution in [2.24, 2.45) is 0 Å². The van der Waals surface area contributed by atoms with Crippen LogP contribution in [0.2, 0.25) is 0 Å². The number of fused-ring (bicyclic) bond motifs is 7. The summed E-state index contributed by atoms with van der Waals surface area (Å²) in [6, 6.07) is 57.3. The molecular weight excluding hydrogens is 629 g/mol. The Balaban J connectivity index is 1.11. The van der Waals surface area contributed by atoms with E-state index in [1.54, 1.807) is 0 Å². The van der Waals surface area contributed by atoms with Crippen molar-refractivity contribution in [1.29, 1.82) is 0 Å². The van der Waals surface area contributed by atoms with Crippen molar-refractivity contribution in [3.63, 3.8) is 0 Å². The summed E-state index contributed by atoms with van der Waals surface area (Å²) < 4.78 is 0. The van der Waals surface area contributed by atoms with Crippen LogP contribution in [0.4, 0.5) is 0 Å². The van der Waals surface area contributed by atoms with E-state index in [0.29, 0.717) is 0 Å². The van der Waals surface area contributed by atoms with Crippen LogP contribution in [0, 0.1) is 0 Å². The van der Waals surface area contributed by atoms with Crippen LogP contribution in [0.15, 0.2) is 158 Å². The lowest BCUT2D eigenvalue weighted by molar-refractivity contribution is 0.660. The molecule has 0 saturated heterocycles. The van der Waals surface area contributed by atoms with E-state index < -0.39 is 0 Å². The van der Waals surface area contributed by atoms with Gasteiger partial charge in [0.1, 0.15) is 0 Å². The van der Waals surface area contributed by atoms with Crippen LogP contribution in [0.1, 0.15) is 49.9 Å². The minimum Gasteiger partial charge on any atom is -0.228 e. The van der Waals surface area contributed by atoms with Gasteiger partial charge in [-0.05, 0) is 84.6 Å². The number of hydrogen-bond acceptors (Lipinski definition) is 2. The van der Waals surface area contributed by atoms with Crippen LogP contribution < -0.4 is 0 Å². The van der Waals surface area contributed by atoms with Crippen LogP contribution in [-0.4, -0.2) is 9.97 Å². The monoisotopic (exact) mass is 666 g/mol. The first-order chi connectivity index (χ1) is 25.3. The minimum absolute atomic E-state index is 0.0802. The summed E-state index contributed by atoms with van der Waals surface area (Å²) in [7, 11) is 0. The zero-order chi connectivity index (χ0) is 35.2. The lowest BCUT2D eigenvalue weighted by atomic mass is 9.81. The van der Waals surface area contributed by atoms with Crippen molar-refractivity contribution in [2.75, 3.05) is 0 Å². The van der Waals surface area contributed by atoms with E-state index in [9.17, 15) is 0 Å². The van der Waals surface area contributed by atoms with Gasteiger partial charge in [-0.3, -0.25) is 0 Å². The first kappa shape index (κ1) is 30.7. The molecule has 0 bridgehead atoms. The normalized spacial score (nSPS) is 14.5. The van der Waals surface area contributed by atoms with E-state index >= 15 is 0 Å². The van der Waals surface area contributed by atoms with Gasteiger partial charge in [0.05, 0.1) is 11.4 Å². The molecule has 0 unspecified atom stereocenters. The van der Waals surface area contributed by atoms with Crippen molar-refractivity contribution < 1.29 is 0 Å². The summed E-state index contributed by atoms with van der Waals surface area (Å²) in [5, 5.41) is 2.57. The summed E-state index contributed by atoms with van der Waals surface area (Å²) in [6.45, 7) is 9.37. The van der Waals surface area contributed by atoms with Gasteiger partial charge in [-0.15, -0.1) is 0 Å². The first-order valence-electron chi connectivity index (χ1n) is 18.3. The van der Waals surface area contributed by atoms with E-state index in [1.807, 2.05) is 6.07 Å². The average Bonchev–Trinajstić information content (AvgIpc) is 3.56. The highest BCUT2D eigenvalue weighted by molar-refractivity contribution is 5.99. The van der Waals surface area contributed by atoms with Crippen LogP contribution in [0.3, 0.4) is 0 Å². The van der Waals surface area contributed by atoms with E-state index in [1.165, 1.54) is 66.4 Å². The second-order valence-corrected chi connectivity index (χ2v) is 15.4. The lowest BCUT2D eigenvalue weighted by Crippen LogP contribution is -2.14. The van der Waals surface area contributed by atoms with Gasteiger partial charge >= 0.3 is 0 Å². The molecule has 1 aromatic heterocycles. The number of rotatable bonds is 4. The van der Waals surface area contributed by atoms with Crippen molar-refractivity contribution in [1.82, 2.24) is 9.97 Å². The molecule has 0 atom stereocenters. The second-order valence-electron chi connectivity index (χ2n) is 15.4. The Morgan fingerprint density at radius 3 is 1.63 bits per heavy atom. The summed E-state index contributed by atoms with van der Waals surface area (Å²) in [5.41, 5.74) is 18.1. The van der Waals surface area contributed by atoms with E-state index in [-0.39, 0.29) is 10.8 Å². The number of aromatic nitrogens is 2. The molecule has 0 fully saturated rings. The molecule has 2 heteroatoms. The Labute approximate surface area is 305 Å². The zero-order valence-corrected chi connectivity index (χ0v) is 29.9. The standard InChI is InChI=1S/C50H38N2/c1-49(2)40-21-11-10-18-37(40)47-38(20-13-23-42(47)49)45-30-44(51-48(52-45)33-14-6-5-7-15-33)32-26-24-31(25-27-32)36-19-12-22-41-46(36)39-28-34-16-8-9-17-35(34)29-43(39)50(41,3)4/h5-30H,1-4H3. The van der Waals surface area contributed by atoms with Crippen molar-refractivity contribution >= 4 is 10.8 Å². The summed E-state index contributed by atoms with van der Waals surface area (Å²) in [4.78, 5) is 10.4. The van der Waals surface area contributed by atoms with Gasteiger partial charge < -0.3 is 0 Å². The third-order valence-electron chi connectivity index (χ3n) is 11.7. The van der Waals surface area contributed by atoms with Gasteiger partial charge in [0, 0.05) is 27.5 Å². The first-order valence-corrected chi connectivity index (χ1v) is 18.3. The highest BCUT2D eigenvalue weighted by Gasteiger charge is 2.38. The lowest BCUT2D eigenvalue weighted by Gasteiger charge is -2.22. The van der Waals surface area contributed by atoms with Gasteiger partial charge in [-0.1, -0.05) is 167 Å². The molecule has 0 aliphatic heterocycles. The molecular formula is C50H38N2. The molecule has 10 rings (SSSR count). The maximum Gasteiger partial charge on any atom is 0.160 e. The van der Waals surface area contributed by atoms with Crippen LogP contribution in [0.25, 0.3) is 78.1 Å². The fourth-order valence-electron chi connectivity index (χ4n) is 8.95. The maximum absolute atomic E-state index is 5.25. The van der Waals surface area contributed by atoms with E-state index in [0.717, 1.165) is 33.9 Å². The van der Waals surface area contributed by atoms with Crippen molar-refractivity contribution in [2.45, 2.75) is 38.5 Å². The van der Waals surface area contributed by atoms with Gasteiger partial charge in [0.2, 0.25) is 0 Å². The fraction of sp³-hybridized carbons (Fsp3) is 0.120. The largest absolute Gasteiger partial charge is 0.228 e. The van der Waals surface area contributed by atoms with Gasteiger partial charge in [0.25, 0.3) is 0 Å². The molecule has 7 aromatic carbocycles. The minimum atomic E-state index is -0.0870. The molecule has 2 aliphatic carbocycles. The fourth-order valence-corrected chi connectivity index (χ4v) is 8.95. The van der Waals surface area contributed by atoms with Crippen LogP contribution in [0.5, 0.6) is 0 Å². The Morgan fingerprint density at radius 2 is 0.885 bits per heavy atom. The van der Waals surface area contributed by atoms with Crippen molar-refractivity contribution in [3.05, 3.63) is 180 Å². The molecule has 2 aliphatic rings. The summed E-state index contributed by atoms with van der Waals surface area (Å²) in [5.74, 6) is 0.729. The Hall–Kier alpha value is -6.12. The molecule has 8 aromatic rings. The van der Waals surface area contributed by atoms with Crippen LogP contribution in [-0.2, 0) is 10.8 Å². The smallest absolute Gasteiger partial charge is 0.160 e. The summed E-state index contributed by atoms with van der Waals surface area (Å²) in [6.07, 6.45) is 0. The average molecular weight is 667 g/mol. The quantitative estimate of drug-likeness (QED) is 0.187. The molecule has 52 heavy (non-hydrogen) atoms. The molecule has 0 N–H and O–H groups in total. The Bertz CT molecular complexity index is 2720. The molecule has 0 radical (unpaired) electrons. The third-order valence-corrected chi connectivity index (χ3v) is 11.7. The highest BCUT2D eigenvalue weighted by atomic mass is 14.9. The molecule has 248 valence electrons. The number of hydrogen-bond donors (Lipinski definition) is 0. The second kappa shape index (κ2) is 11.2. The molecule has 0 saturated carbocycles. The van der Waals surface area contributed by atoms with Crippen molar-refractivity contribution in [3.8, 4) is 67.3 Å². The van der Waals surface area contributed by atoms with Gasteiger partial charge in [0.15, 0.2) is 5.82 Å². The molecule has 0 spiro atoms. The zero-order valence-electron chi connectivity index (χ0n) is 29.9. The molecule has 1 heterocycles. The summed E-state index contributed by atoms with van der Waals surface area (Å²) >= 11 is 0.